The van der Waals surface area contributed by atoms with E-state index in [0.29, 0.717) is 11.6 Å². The molecule has 0 saturated carbocycles. The summed E-state index contributed by atoms with van der Waals surface area (Å²) in [5, 5.41) is 13.6. The van der Waals surface area contributed by atoms with Crippen molar-refractivity contribution in [2.45, 2.75) is 39.2 Å². The molecule has 0 heterocycles. The van der Waals surface area contributed by atoms with E-state index in [2.05, 4.69) is 36.5 Å². The van der Waals surface area contributed by atoms with Crippen LogP contribution in [0.15, 0.2) is 42.5 Å². The van der Waals surface area contributed by atoms with Gasteiger partial charge in [0, 0.05) is 17.8 Å². The van der Waals surface area contributed by atoms with E-state index in [-0.39, 0.29) is 5.75 Å². The fraction of sp³-hybridized carbons (Fsp3) is 0.333. The number of benzene rings is 2. The predicted octanol–water partition coefficient (Wildman–Crippen LogP) is 5.39. The van der Waals surface area contributed by atoms with Gasteiger partial charge in [0.1, 0.15) is 5.75 Å². The molecule has 2 nitrogen and oxygen atoms in total. The molecule has 0 aliphatic heterocycles. The van der Waals surface area contributed by atoms with Crippen molar-refractivity contribution in [3.63, 3.8) is 0 Å². The van der Waals surface area contributed by atoms with Gasteiger partial charge in [0.2, 0.25) is 0 Å². The van der Waals surface area contributed by atoms with E-state index in [9.17, 15) is 5.11 Å². The number of para-hydroxylation sites is 1. The molecular formula is C18H22ClNO. The highest BCUT2D eigenvalue weighted by atomic mass is 35.5. The summed E-state index contributed by atoms with van der Waals surface area (Å²) in [5.74, 6) is 0.155. The summed E-state index contributed by atoms with van der Waals surface area (Å²) in [7, 11) is 0. The molecule has 0 saturated heterocycles. The van der Waals surface area contributed by atoms with Crippen LogP contribution in [0.3, 0.4) is 0 Å². The minimum absolute atomic E-state index is 0.155. The van der Waals surface area contributed by atoms with Gasteiger partial charge in [-0.3, -0.25) is 0 Å². The van der Waals surface area contributed by atoms with Gasteiger partial charge >= 0.3 is 0 Å². The van der Waals surface area contributed by atoms with Crippen molar-refractivity contribution in [3.05, 3.63) is 58.6 Å². The van der Waals surface area contributed by atoms with Crippen LogP contribution in [0.2, 0.25) is 5.02 Å². The zero-order chi connectivity index (χ0) is 15.1. The maximum absolute atomic E-state index is 9.87. The Kier molecular flexibility index (Phi) is 5.94. The van der Waals surface area contributed by atoms with Crippen LogP contribution >= 0.6 is 11.6 Å². The van der Waals surface area contributed by atoms with Crippen LogP contribution < -0.4 is 5.32 Å². The smallest absolute Gasteiger partial charge is 0.139 e. The summed E-state index contributed by atoms with van der Waals surface area (Å²) in [4.78, 5) is 0. The molecule has 0 amide bonds. The van der Waals surface area contributed by atoms with Gasteiger partial charge in [0.25, 0.3) is 0 Å². The Hall–Kier alpha value is -1.67. The second kappa shape index (κ2) is 7.94. The van der Waals surface area contributed by atoms with Gasteiger partial charge in [-0.25, -0.2) is 0 Å². The Balaban J connectivity index is 1.90. The van der Waals surface area contributed by atoms with Gasteiger partial charge in [-0.2, -0.15) is 0 Å². The van der Waals surface area contributed by atoms with Crippen molar-refractivity contribution in [1.29, 1.82) is 0 Å². The van der Waals surface area contributed by atoms with Gasteiger partial charge in [-0.05, 0) is 36.6 Å². The van der Waals surface area contributed by atoms with E-state index < -0.39 is 0 Å². The lowest BCUT2D eigenvalue weighted by molar-refractivity contribution is 0.469. The highest BCUT2D eigenvalue weighted by Gasteiger charge is 2.04. The summed E-state index contributed by atoms with van der Waals surface area (Å²) in [5.41, 5.74) is 3.22. The van der Waals surface area contributed by atoms with Crippen molar-refractivity contribution in [2.24, 2.45) is 0 Å². The molecule has 112 valence electrons. The van der Waals surface area contributed by atoms with Crippen molar-refractivity contribution in [3.8, 4) is 5.75 Å². The number of phenols is 1. The summed E-state index contributed by atoms with van der Waals surface area (Å²) < 4.78 is 0. The topological polar surface area (TPSA) is 32.3 Å². The molecule has 0 fully saturated rings. The molecule has 2 rings (SSSR count). The van der Waals surface area contributed by atoms with Gasteiger partial charge in [-0.1, -0.05) is 55.6 Å². The van der Waals surface area contributed by atoms with E-state index in [1.54, 1.807) is 6.07 Å². The van der Waals surface area contributed by atoms with Crippen molar-refractivity contribution >= 4 is 17.3 Å². The van der Waals surface area contributed by atoms with E-state index in [4.69, 9.17) is 11.6 Å². The first-order valence-electron chi connectivity index (χ1n) is 7.50. The van der Waals surface area contributed by atoms with Crippen LogP contribution in [0.5, 0.6) is 5.75 Å². The lowest BCUT2D eigenvalue weighted by Crippen LogP contribution is -2.00. The fourth-order valence-electron chi connectivity index (χ4n) is 2.27. The average molecular weight is 304 g/mol. The molecule has 2 aromatic carbocycles. The minimum atomic E-state index is 0.155. The lowest BCUT2D eigenvalue weighted by Gasteiger charge is -2.10. The van der Waals surface area contributed by atoms with E-state index in [1.165, 1.54) is 24.8 Å². The third-order valence-electron chi connectivity index (χ3n) is 3.58. The molecule has 2 aromatic rings. The first-order valence-corrected chi connectivity index (χ1v) is 7.87. The van der Waals surface area contributed by atoms with Crippen LogP contribution in [0.4, 0.5) is 5.69 Å². The van der Waals surface area contributed by atoms with Crippen molar-refractivity contribution in [1.82, 2.24) is 0 Å². The number of aromatic hydroxyl groups is 1. The number of rotatable bonds is 7. The summed E-state index contributed by atoms with van der Waals surface area (Å²) >= 11 is 5.90. The summed E-state index contributed by atoms with van der Waals surface area (Å²) in [6.45, 7) is 2.78. The molecule has 0 aromatic heterocycles. The highest BCUT2D eigenvalue weighted by molar-refractivity contribution is 6.32. The van der Waals surface area contributed by atoms with E-state index in [1.807, 2.05) is 12.1 Å². The third kappa shape index (κ3) is 4.68. The standard InChI is InChI=1S/C18H22ClNO/c1-2-3-4-6-14-9-11-16(12-10-14)20-13-15-7-5-8-17(19)18(15)21/h5,7-12,20-21H,2-4,6,13H2,1H3. The highest BCUT2D eigenvalue weighted by Crippen LogP contribution is 2.27. The molecule has 0 bridgehead atoms. The summed E-state index contributed by atoms with van der Waals surface area (Å²) in [6, 6.07) is 13.9. The zero-order valence-corrected chi connectivity index (χ0v) is 13.2. The third-order valence-corrected chi connectivity index (χ3v) is 3.88. The van der Waals surface area contributed by atoms with Crippen LogP contribution in [0, 0.1) is 0 Å². The number of nitrogens with one attached hydrogen (secondary N) is 1. The molecule has 0 aliphatic carbocycles. The van der Waals surface area contributed by atoms with Crippen LogP contribution in [-0.4, -0.2) is 5.11 Å². The Bertz CT molecular complexity index is 566. The van der Waals surface area contributed by atoms with E-state index in [0.717, 1.165) is 17.7 Å². The normalized spacial score (nSPS) is 10.6. The first-order chi connectivity index (χ1) is 10.2. The first kappa shape index (κ1) is 15.7. The Labute approximate surface area is 131 Å². The minimum Gasteiger partial charge on any atom is -0.506 e. The number of unbranched alkanes of at least 4 members (excludes halogenated alkanes) is 2. The Morgan fingerprint density at radius 1 is 1.05 bits per heavy atom. The lowest BCUT2D eigenvalue weighted by atomic mass is 10.1. The maximum atomic E-state index is 9.87. The molecule has 21 heavy (non-hydrogen) atoms. The molecular weight excluding hydrogens is 282 g/mol. The summed E-state index contributed by atoms with van der Waals surface area (Å²) in [6.07, 6.45) is 4.93. The van der Waals surface area contributed by atoms with Gasteiger partial charge in [0.15, 0.2) is 0 Å². The molecule has 0 spiro atoms. The number of hydrogen-bond acceptors (Lipinski definition) is 2. The Morgan fingerprint density at radius 2 is 1.81 bits per heavy atom. The number of halogens is 1. The van der Waals surface area contributed by atoms with Gasteiger partial charge in [0.05, 0.1) is 5.02 Å². The van der Waals surface area contributed by atoms with Crippen LogP contribution in [-0.2, 0) is 13.0 Å². The SMILES string of the molecule is CCCCCc1ccc(NCc2cccc(Cl)c2O)cc1. The van der Waals surface area contributed by atoms with Crippen molar-refractivity contribution < 1.29 is 5.11 Å². The van der Waals surface area contributed by atoms with Gasteiger partial charge < -0.3 is 10.4 Å². The molecule has 2 N–H and O–H groups in total. The molecule has 0 atom stereocenters. The molecule has 0 aliphatic rings. The van der Waals surface area contributed by atoms with Crippen molar-refractivity contribution in [2.75, 3.05) is 5.32 Å². The Morgan fingerprint density at radius 3 is 2.52 bits per heavy atom. The quantitative estimate of drug-likeness (QED) is 0.672. The molecule has 0 unspecified atom stereocenters. The van der Waals surface area contributed by atoms with Gasteiger partial charge in [-0.15, -0.1) is 0 Å². The largest absolute Gasteiger partial charge is 0.506 e. The zero-order valence-electron chi connectivity index (χ0n) is 12.4. The van der Waals surface area contributed by atoms with E-state index >= 15 is 0 Å². The van der Waals surface area contributed by atoms with Crippen LogP contribution in [0.1, 0.15) is 37.3 Å². The number of phenolic OH excluding ortho intramolecular Hbond substituents is 1. The fourth-order valence-corrected chi connectivity index (χ4v) is 2.46. The number of anilines is 1. The molecule has 0 radical (unpaired) electrons. The number of hydrogen-bond donors (Lipinski definition) is 2. The second-order valence-electron chi connectivity index (χ2n) is 5.26. The number of aryl methyl sites for hydroxylation is 1. The second-order valence-corrected chi connectivity index (χ2v) is 5.66. The average Bonchev–Trinajstić information content (AvgIpc) is 2.50. The molecule has 3 heteroatoms. The predicted molar refractivity (Wildman–Crippen MR) is 90.1 cm³/mol. The maximum Gasteiger partial charge on any atom is 0.139 e. The van der Waals surface area contributed by atoms with Crippen LogP contribution in [0.25, 0.3) is 0 Å². The monoisotopic (exact) mass is 303 g/mol.